The Morgan fingerprint density at radius 2 is 2.28 bits per heavy atom. The third-order valence-corrected chi connectivity index (χ3v) is 3.66. The van der Waals surface area contributed by atoms with Crippen molar-refractivity contribution in [2.45, 2.75) is 17.6 Å². The van der Waals surface area contributed by atoms with Gasteiger partial charge < -0.3 is 5.11 Å². The van der Waals surface area contributed by atoms with Crippen LogP contribution in [-0.4, -0.2) is 20.9 Å². The number of hydrogen-bond donors (Lipinski definition) is 1. The van der Waals surface area contributed by atoms with E-state index in [1.54, 1.807) is 28.6 Å². The van der Waals surface area contributed by atoms with Crippen LogP contribution in [0.2, 0.25) is 0 Å². The number of carbonyl (C=O) groups is 1. The third kappa shape index (κ3) is 2.92. The number of hydrogen-bond acceptors (Lipinski definition) is 3. The van der Waals surface area contributed by atoms with Crippen molar-refractivity contribution in [2.75, 3.05) is 0 Å². The Hall–Kier alpha value is -1.75. The predicted molar refractivity (Wildman–Crippen MR) is 70.9 cm³/mol. The van der Waals surface area contributed by atoms with Gasteiger partial charge in [0.15, 0.2) is 0 Å². The van der Waals surface area contributed by atoms with E-state index in [0.29, 0.717) is 5.56 Å². The lowest BCUT2D eigenvalue weighted by atomic mass is 10.1. The van der Waals surface area contributed by atoms with Gasteiger partial charge in [-0.05, 0) is 30.2 Å². The summed E-state index contributed by atoms with van der Waals surface area (Å²) in [6.07, 6.45) is 3.79. The van der Waals surface area contributed by atoms with Gasteiger partial charge in [0.25, 0.3) is 0 Å². The third-order valence-electron chi connectivity index (χ3n) is 2.67. The fraction of sp³-hybridized carbons (Fsp3) is 0.231. The van der Waals surface area contributed by atoms with Gasteiger partial charge in [-0.1, -0.05) is 6.07 Å². The summed E-state index contributed by atoms with van der Waals surface area (Å²) in [4.78, 5) is 11.9. The maximum absolute atomic E-state index is 10.8. The molecule has 0 aliphatic carbocycles. The van der Waals surface area contributed by atoms with E-state index in [9.17, 15) is 4.79 Å². The van der Waals surface area contributed by atoms with Crippen molar-refractivity contribution in [3.05, 3.63) is 47.3 Å². The Bertz CT molecular complexity index is 578. The molecule has 0 aliphatic rings. The molecule has 1 aromatic carbocycles. The van der Waals surface area contributed by atoms with Gasteiger partial charge >= 0.3 is 5.97 Å². The molecule has 1 heterocycles. The molecule has 94 valence electrons. The molecule has 2 aromatic rings. The van der Waals surface area contributed by atoms with Crippen molar-refractivity contribution in [1.29, 1.82) is 0 Å². The first-order valence-corrected chi connectivity index (χ1v) is 6.49. The molecule has 2 rings (SSSR count). The lowest BCUT2D eigenvalue weighted by Crippen LogP contribution is -1.98. The molecule has 0 fully saturated rings. The molecule has 1 N–H and O–H groups in total. The van der Waals surface area contributed by atoms with Crippen molar-refractivity contribution >= 4 is 17.7 Å². The van der Waals surface area contributed by atoms with Gasteiger partial charge in [-0.3, -0.25) is 4.68 Å². The Labute approximate surface area is 110 Å². The first-order valence-electron chi connectivity index (χ1n) is 5.50. The van der Waals surface area contributed by atoms with Gasteiger partial charge in [0.05, 0.1) is 11.8 Å². The number of carboxylic acid groups (broad SMARTS) is 1. The number of aryl methyl sites for hydroxylation is 2. The maximum atomic E-state index is 10.8. The molecule has 0 aliphatic heterocycles. The topological polar surface area (TPSA) is 55.1 Å². The van der Waals surface area contributed by atoms with Crippen molar-refractivity contribution < 1.29 is 9.90 Å². The zero-order chi connectivity index (χ0) is 13.1. The average molecular weight is 262 g/mol. The van der Waals surface area contributed by atoms with E-state index in [0.717, 1.165) is 21.8 Å². The van der Waals surface area contributed by atoms with E-state index in [2.05, 4.69) is 5.10 Å². The van der Waals surface area contributed by atoms with E-state index in [4.69, 9.17) is 5.11 Å². The fourth-order valence-corrected chi connectivity index (χ4v) is 2.62. The first-order chi connectivity index (χ1) is 8.56. The second-order valence-electron chi connectivity index (χ2n) is 4.08. The molecule has 4 nitrogen and oxygen atoms in total. The highest BCUT2D eigenvalue weighted by atomic mass is 32.2. The Kier molecular flexibility index (Phi) is 3.72. The SMILES string of the molecule is Cc1cc(C(=O)O)ccc1CSc1cnn(C)c1. The predicted octanol–water partition coefficient (Wildman–Crippen LogP) is 2.72. The minimum Gasteiger partial charge on any atom is -0.478 e. The molecule has 0 unspecified atom stereocenters. The highest BCUT2D eigenvalue weighted by Crippen LogP contribution is 2.24. The molecule has 5 heteroatoms. The standard InChI is InChI=1S/C13H14N2O2S/c1-9-5-10(13(16)17)3-4-11(9)8-18-12-6-14-15(2)7-12/h3-7H,8H2,1-2H3,(H,16,17). The summed E-state index contributed by atoms with van der Waals surface area (Å²) in [5, 5.41) is 13.0. The first kappa shape index (κ1) is 12.7. The quantitative estimate of drug-likeness (QED) is 0.861. The lowest BCUT2D eigenvalue weighted by molar-refractivity contribution is 0.0697. The second kappa shape index (κ2) is 5.27. The van der Waals surface area contributed by atoms with Crippen LogP contribution in [0, 0.1) is 6.92 Å². The molecule has 18 heavy (non-hydrogen) atoms. The normalized spacial score (nSPS) is 10.6. The average Bonchev–Trinajstić information content (AvgIpc) is 2.73. The van der Waals surface area contributed by atoms with Crippen LogP contribution in [0.3, 0.4) is 0 Å². The number of nitrogens with zero attached hydrogens (tertiary/aromatic N) is 2. The number of aromatic carboxylic acids is 1. The van der Waals surface area contributed by atoms with Crippen LogP contribution in [-0.2, 0) is 12.8 Å². The Balaban J connectivity index is 2.08. The van der Waals surface area contributed by atoms with Crippen LogP contribution >= 0.6 is 11.8 Å². The minimum atomic E-state index is -0.885. The highest BCUT2D eigenvalue weighted by molar-refractivity contribution is 7.98. The van der Waals surface area contributed by atoms with E-state index in [-0.39, 0.29) is 0 Å². The summed E-state index contributed by atoms with van der Waals surface area (Å²) >= 11 is 1.69. The van der Waals surface area contributed by atoms with E-state index in [1.807, 2.05) is 32.4 Å². The van der Waals surface area contributed by atoms with Gasteiger partial charge in [-0.25, -0.2) is 4.79 Å². The number of thioether (sulfide) groups is 1. The molecular weight excluding hydrogens is 248 g/mol. The van der Waals surface area contributed by atoms with Crippen LogP contribution in [0.5, 0.6) is 0 Å². The molecule has 1 aromatic heterocycles. The molecule has 0 bridgehead atoms. The number of aromatic nitrogens is 2. The van der Waals surface area contributed by atoms with Crippen molar-refractivity contribution in [1.82, 2.24) is 9.78 Å². The van der Waals surface area contributed by atoms with Crippen LogP contribution in [0.4, 0.5) is 0 Å². The van der Waals surface area contributed by atoms with Crippen LogP contribution in [0.25, 0.3) is 0 Å². The van der Waals surface area contributed by atoms with Gasteiger partial charge in [-0.2, -0.15) is 5.10 Å². The number of benzene rings is 1. The zero-order valence-electron chi connectivity index (χ0n) is 10.3. The zero-order valence-corrected chi connectivity index (χ0v) is 11.1. The molecule has 0 saturated carbocycles. The summed E-state index contributed by atoms with van der Waals surface area (Å²) < 4.78 is 1.77. The van der Waals surface area contributed by atoms with Gasteiger partial charge in [0.2, 0.25) is 0 Å². The molecular formula is C13H14N2O2S. The summed E-state index contributed by atoms with van der Waals surface area (Å²) in [5.74, 6) is -0.0678. The minimum absolute atomic E-state index is 0.336. The van der Waals surface area contributed by atoms with Crippen molar-refractivity contribution in [2.24, 2.45) is 7.05 Å². The highest BCUT2D eigenvalue weighted by Gasteiger charge is 2.06. The summed E-state index contributed by atoms with van der Waals surface area (Å²) in [5.41, 5.74) is 2.49. The van der Waals surface area contributed by atoms with Crippen molar-refractivity contribution in [3.8, 4) is 0 Å². The largest absolute Gasteiger partial charge is 0.478 e. The summed E-state index contributed by atoms with van der Waals surface area (Å²) in [6, 6.07) is 5.23. The fourth-order valence-electron chi connectivity index (χ4n) is 1.63. The molecule has 0 amide bonds. The van der Waals surface area contributed by atoms with E-state index in [1.165, 1.54) is 0 Å². The molecule has 0 radical (unpaired) electrons. The maximum Gasteiger partial charge on any atom is 0.335 e. The lowest BCUT2D eigenvalue weighted by Gasteiger charge is -2.05. The Morgan fingerprint density at radius 3 is 2.83 bits per heavy atom. The summed E-state index contributed by atoms with van der Waals surface area (Å²) in [6.45, 7) is 1.94. The van der Waals surface area contributed by atoms with Gasteiger partial charge in [0.1, 0.15) is 0 Å². The van der Waals surface area contributed by atoms with Crippen molar-refractivity contribution in [3.63, 3.8) is 0 Å². The molecule has 0 spiro atoms. The second-order valence-corrected chi connectivity index (χ2v) is 5.13. The molecule has 0 atom stereocenters. The number of carboxylic acids is 1. The summed E-state index contributed by atoms with van der Waals surface area (Å²) in [7, 11) is 1.89. The smallest absolute Gasteiger partial charge is 0.335 e. The molecule has 0 saturated heterocycles. The van der Waals surface area contributed by atoms with E-state index >= 15 is 0 Å². The number of rotatable bonds is 4. The van der Waals surface area contributed by atoms with E-state index < -0.39 is 5.97 Å². The van der Waals surface area contributed by atoms with Gasteiger partial charge in [0, 0.05) is 23.9 Å². The van der Waals surface area contributed by atoms with Crippen LogP contribution < -0.4 is 0 Å². The Morgan fingerprint density at radius 1 is 1.50 bits per heavy atom. The van der Waals surface area contributed by atoms with Gasteiger partial charge in [-0.15, -0.1) is 11.8 Å². The monoisotopic (exact) mass is 262 g/mol. The van der Waals surface area contributed by atoms with Crippen LogP contribution in [0.15, 0.2) is 35.5 Å². The van der Waals surface area contributed by atoms with Crippen LogP contribution in [0.1, 0.15) is 21.5 Å².